The van der Waals surface area contributed by atoms with Gasteiger partial charge in [-0.3, -0.25) is 14.9 Å². The number of rotatable bonds is 3. The minimum Gasteiger partial charge on any atom is -0.481 e. The smallest absolute Gasteiger partial charge is 0.313 e. The molecule has 1 aliphatic carbocycles. The van der Waals surface area contributed by atoms with Gasteiger partial charge in [0.2, 0.25) is 0 Å². The Labute approximate surface area is 109 Å². The molecule has 2 unspecified atom stereocenters. The van der Waals surface area contributed by atoms with E-state index in [1.807, 2.05) is 0 Å². The van der Waals surface area contributed by atoms with Crippen LogP contribution in [0, 0.1) is 11.2 Å². The standard InChI is InChI=1S/C13H15FN2O3/c1-16-10(8-2-4-9(14)5-3-8)15-11(19-16)13(6-7-13)12(17)18/h2-5,10-11,15H,6-7H2,1H3,(H,17,18). The number of carboxylic acids is 1. The van der Waals surface area contributed by atoms with Crippen LogP contribution in [-0.2, 0) is 9.63 Å². The summed E-state index contributed by atoms with van der Waals surface area (Å²) in [6.07, 6.45) is 0.431. The normalized spacial score (nSPS) is 29.4. The lowest BCUT2D eigenvalue weighted by Gasteiger charge is -2.16. The third-order valence-electron chi connectivity index (χ3n) is 3.85. The number of nitrogens with zero attached hydrogens (tertiary/aromatic N) is 1. The molecular formula is C13H15FN2O3. The van der Waals surface area contributed by atoms with Crippen LogP contribution in [0.1, 0.15) is 24.6 Å². The van der Waals surface area contributed by atoms with E-state index in [9.17, 15) is 14.3 Å². The lowest BCUT2D eigenvalue weighted by Crippen LogP contribution is -2.39. The molecule has 2 N–H and O–H groups in total. The monoisotopic (exact) mass is 266 g/mol. The molecule has 0 amide bonds. The van der Waals surface area contributed by atoms with Crippen LogP contribution in [0.3, 0.4) is 0 Å². The molecule has 2 atom stereocenters. The lowest BCUT2D eigenvalue weighted by atomic mass is 10.1. The number of hydrogen-bond acceptors (Lipinski definition) is 4. The number of hydrogen-bond donors (Lipinski definition) is 2. The molecule has 6 heteroatoms. The van der Waals surface area contributed by atoms with Gasteiger partial charge in [0.1, 0.15) is 23.6 Å². The van der Waals surface area contributed by atoms with Gasteiger partial charge >= 0.3 is 5.97 Å². The van der Waals surface area contributed by atoms with Crippen molar-refractivity contribution >= 4 is 5.97 Å². The second-order valence-corrected chi connectivity index (χ2v) is 5.11. The van der Waals surface area contributed by atoms with Crippen LogP contribution in [0.25, 0.3) is 0 Å². The summed E-state index contributed by atoms with van der Waals surface area (Å²) in [5.74, 6) is -1.13. The van der Waals surface area contributed by atoms with E-state index < -0.39 is 17.6 Å². The second-order valence-electron chi connectivity index (χ2n) is 5.11. The minimum atomic E-state index is -0.835. The predicted octanol–water partition coefficient (Wildman–Crippen LogP) is 1.48. The molecule has 3 rings (SSSR count). The van der Waals surface area contributed by atoms with Gasteiger partial charge in [-0.2, -0.15) is 5.06 Å². The Bertz CT molecular complexity index is 501. The average molecular weight is 266 g/mol. The molecule has 0 radical (unpaired) electrons. The van der Waals surface area contributed by atoms with E-state index >= 15 is 0 Å². The van der Waals surface area contributed by atoms with Crippen LogP contribution in [0.4, 0.5) is 4.39 Å². The van der Waals surface area contributed by atoms with Crippen molar-refractivity contribution in [1.82, 2.24) is 10.4 Å². The maximum atomic E-state index is 12.9. The molecule has 1 aromatic rings. The Hall–Kier alpha value is -1.50. The zero-order valence-electron chi connectivity index (χ0n) is 10.5. The van der Waals surface area contributed by atoms with Crippen molar-refractivity contribution in [3.8, 4) is 0 Å². The fourth-order valence-electron chi connectivity index (χ4n) is 2.44. The van der Waals surface area contributed by atoms with Crippen LogP contribution in [0.2, 0.25) is 0 Å². The van der Waals surface area contributed by atoms with E-state index in [1.54, 1.807) is 24.2 Å². The van der Waals surface area contributed by atoms with Crippen LogP contribution in [-0.4, -0.2) is 29.4 Å². The molecule has 2 fully saturated rings. The highest BCUT2D eigenvalue weighted by atomic mass is 19.1. The van der Waals surface area contributed by atoms with E-state index in [1.165, 1.54) is 12.1 Å². The third-order valence-corrected chi connectivity index (χ3v) is 3.85. The summed E-state index contributed by atoms with van der Waals surface area (Å²) in [6.45, 7) is 0. The molecule has 2 aliphatic rings. The SMILES string of the molecule is CN1OC(C2(C(=O)O)CC2)NC1c1ccc(F)cc1. The van der Waals surface area contributed by atoms with E-state index in [-0.39, 0.29) is 12.0 Å². The number of hydroxylamine groups is 2. The summed E-state index contributed by atoms with van der Waals surface area (Å²) in [7, 11) is 1.74. The molecule has 1 aromatic carbocycles. The zero-order valence-corrected chi connectivity index (χ0v) is 10.5. The van der Waals surface area contributed by atoms with E-state index in [4.69, 9.17) is 4.84 Å². The average Bonchev–Trinajstić information content (AvgIpc) is 3.10. The summed E-state index contributed by atoms with van der Waals surface area (Å²) in [6, 6.07) is 6.08. The van der Waals surface area contributed by atoms with Gasteiger partial charge in [-0.05, 0) is 30.5 Å². The zero-order chi connectivity index (χ0) is 13.6. The van der Waals surface area contributed by atoms with Crippen molar-refractivity contribution in [2.24, 2.45) is 5.41 Å². The first-order chi connectivity index (χ1) is 9.03. The molecule has 0 bridgehead atoms. The first-order valence-electron chi connectivity index (χ1n) is 6.17. The van der Waals surface area contributed by atoms with Gasteiger partial charge in [-0.1, -0.05) is 12.1 Å². The summed E-state index contributed by atoms with van der Waals surface area (Å²) in [4.78, 5) is 16.9. The van der Waals surface area contributed by atoms with Crippen molar-refractivity contribution < 1.29 is 19.1 Å². The van der Waals surface area contributed by atoms with Crippen LogP contribution < -0.4 is 5.32 Å². The number of carbonyl (C=O) groups is 1. The van der Waals surface area contributed by atoms with E-state index in [2.05, 4.69) is 5.32 Å². The van der Waals surface area contributed by atoms with Gasteiger partial charge in [-0.25, -0.2) is 4.39 Å². The lowest BCUT2D eigenvalue weighted by molar-refractivity contribution is -0.178. The largest absolute Gasteiger partial charge is 0.481 e. The molecule has 1 saturated carbocycles. The van der Waals surface area contributed by atoms with Crippen LogP contribution >= 0.6 is 0 Å². The maximum absolute atomic E-state index is 12.9. The third kappa shape index (κ3) is 2.01. The Kier molecular flexibility index (Phi) is 2.81. The maximum Gasteiger partial charge on any atom is 0.313 e. The summed E-state index contributed by atoms with van der Waals surface area (Å²) >= 11 is 0. The topological polar surface area (TPSA) is 61.8 Å². The fourth-order valence-corrected chi connectivity index (χ4v) is 2.44. The molecule has 5 nitrogen and oxygen atoms in total. The molecule has 19 heavy (non-hydrogen) atoms. The van der Waals surface area contributed by atoms with Gasteiger partial charge < -0.3 is 5.11 Å². The summed E-state index contributed by atoms with van der Waals surface area (Å²) in [5.41, 5.74) is 0.0239. The fraction of sp³-hybridized carbons (Fsp3) is 0.462. The predicted molar refractivity (Wildman–Crippen MR) is 64.2 cm³/mol. The van der Waals surface area contributed by atoms with Gasteiger partial charge in [0.15, 0.2) is 0 Å². The number of benzene rings is 1. The van der Waals surface area contributed by atoms with Crippen molar-refractivity contribution in [3.05, 3.63) is 35.6 Å². The Morgan fingerprint density at radius 2 is 2.11 bits per heavy atom. The van der Waals surface area contributed by atoms with Gasteiger partial charge in [0.25, 0.3) is 0 Å². The van der Waals surface area contributed by atoms with Crippen molar-refractivity contribution in [2.75, 3.05) is 7.05 Å². The summed E-state index contributed by atoms with van der Waals surface area (Å²) in [5, 5.41) is 14.0. The van der Waals surface area contributed by atoms with Gasteiger partial charge in [-0.15, -0.1) is 0 Å². The Morgan fingerprint density at radius 3 is 2.63 bits per heavy atom. The highest BCUT2D eigenvalue weighted by Crippen LogP contribution is 2.51. The number of halogens is 1. The molecular weight excluding hydrogens is 251 g/mol. The van der Waals surface area contributed by atoms with Crippen molar-refractivity contribution in [2.45, 2.75) is 25.2 Å². The number of aliphatic carboxylic acids is 1. The quantitative estimate of drug-likeness (QED) is 0.867. The van der Waals surface area contributed by atoms with Gasteiger partial charge in [0, 0.05) is 7.05 Å². The Balaban J connectivity index is 1.79. The van der Waals surface area contributed by atoms with E-state index in [0.29, 0.717) is 12.8 Å². The molecule has 0 spiro atoms. The summed E-state index contributed by atoms with van der Waals surface area (Å²) < 4.78 is 12.9. The van der Waals surface area contributed by atoms with Crippen LogP contribution in [0.5, 0.6) is 0 Å². The van der Waals surface area contributed by atoms with Crippen molar-refractivity contribution in [1.29, 1.82) is 0 Å². The Morgan fingerprint density at radius 1 is 1.47 bits per heavy atom. The molecule has 0 aromatic heterocycles. The molecule has 102 valence electrons. The minimum absolute atomic E-state index is 0.262. The van der Waals surface area contributed by atoms with Crippen molar-refractivity contribution in [3.63, 3.8) is 0 Å². The second kappa shape index (κ2) is 4.26. The van der Waals surface area contributed by atoms with Crippen LogP contribution in [0.15, 0.2) is 24.3 Å². The number of nitrogens with one attached hydrogen (secondary N) is 1. The molecule has 1 aliphatic heterocycles. The highest BCUT2D eigenvalue weighted by molar-refractivity contribution is 5.78. The van der Waals surface area contributed by atoms with E-state index in [0.717, 1.165) is 5.56 Å². The molecule has 1 heterocycles. The number of carboxylic acid groups (broad SMARTS) is 1. The molecule has 1 saturated heterocycles. The highest BCUT2D eigenvalue weighted by Gasteiger charge is 2.60. The first kappa shape index (κ1) is 12.5. The van der Waals surface area contributed by atoms with Gasteiger partial charge in [0.05, 0.1) is 0 Å². The first-order valence-corrected chi connectivity index (χ1v) is 6.17.